The van der Waals surface area contributed by atoms with Gasteiger partial charge in [-0.05, 0) is 31.2 Å². The van der Waals surface area contributed by atoms with Crippen molar-refractivity contribution in [2.45, 2.75) is 13.0 Å². The number of benzene rings is 1. The SMILES string of the molecule is COc1c(F)cc(-c2cc(=O)n3cc(N4CCN[C@@H](C)C4)ccc3n2)cc1F. The Morgan fingerprint density at radius 2 is 1.96 bits per heavy atom. The van der Waals surface area contributed by atoms with E-state index < -0.39 is 17.4 Å². The molecule has 3 aromatic rings. The van der Waals surface area contributed by atoms with Crippen LogP contribution in [0.3, 0.4) is 0 Å². The Labute approximate surface area is 160 Å². The van der Waals surface area contributed by atoms with Crippen LogP contribution in [0.15, 0.2) is 41.3 Å². The second-order valence-corrected chi connectivity index (χ2v) is 6.87. The lowest BCUT2D eigenvalue weighted by Crippen LogP contribution is -2.49. The minimum Gasteiger partial charge on any atom is -0.491 e. The Balaban J connectivity index is 1.75. The molecule has 0 amide bonds. The lowest BCUT2D eigenvalue weighted by atomic mass is 10.1. The van der Waals surface area contributed by atoms with Crippen LogP contribution in [0.1, 0.15) is 6.92 Å². The minimum atomic E-state index is -0.845. The third-order valence-corrected chi connectivity index (χ3v) is 4.88. The Morgan fingerprint density at radius 1 is 1.21 bits per heavy atom. The molecule has 4 rings (SSSR count). The number of hydrogen-bond donors (Lipinski definition) is 1. The highest BCUT2D eigenvalue weighted by Crippen LogP contribution is 2.28. The van der Waals surface area contributed by atoms with Gasteiger partial charge >= 0.3 is 0 Å². The van der Waals surface area contributed by atoms with E-state index in [-0.39, 0.29) is 16.8 Å². The monoisotopic (exact) mass is 386 g/mol. The molecule has 1 aromatic carbocycles. The van der Waals surface area contributed by atoms with Crippen molar-refractivity contribution in [3.05, 3.63) is 58.5 Å². The van der Waals surface area contributed by atoms with Crippen LogP contribution in [0.4, 0.5) is 14.5 Å². The van der Waals surface area contributed by atoms with E-state index in [9.17, 15) is 13.6 Å². The normalized spacial score (nSPS) is 17.1. The van der Waals surface area contributed by atoms with E-state index in [1.54, 1.807) is 12.3 Å². The third-order valence-electron chi connectivity index (χ3n) is 4.88. The van der Waals surface area contributed by atoms with Crippen molar-refractivity contribution in [1.29, 1.82) is 0 Å². The molecule has 0 spiro atoms. The van der Waals surface area contributed by atoms with Gasteiger partial charge in [0.25, 0.3) is 5.56 Å². The molecular weight excluding hydrogens is 366 g/mol. The predicted molar refractivity (Wildman–Crippen MR) is 103 cm³/mol. The Morgan fingerprint density at radius 3 is 2.64 bits per heavy atom. The smallest absolute Gasteiger partial charge is 0.258 e. The maximum Gasteiger partial charge on any atom is 0.258 e. The zero-order valence-electron chi connectivity index (χ0n) is 15.6. The molecule has 1 saturated heterocycles. The molecule has 146 valence electrons. The molecule has 6 nitrogen and oxygen atoms in total. The number of aromatic nitrogens is 2. The Bertz CT molecular complexity index is 1080. The van der Waals surface area contributed by atoms with Crippen LogP contribution in [0, 0.1) is 11.6 Å². The first-order valence-electron chi connectivity index (χ1n) is 9.01. The van der Waals surface area contributed by atoms with Crippen LogP contribution in [-0.2, 0) is 0 Å². The Hall–Kier alpha value is -3.00. The first-order valence-corrected chi connectivity index (χ1v) is 9.01. The summed E-state index contributed by atoms with van der Waals surface area (Å²) in [5.74, 6) is -2.15. The zero-order chi connectivity index (χ0) is 19.8. The van der Waals surface area contributed by atoms with Crippen molar-refractivity contribution in [3.63, 3.8) is 0 Å². The summed E-state index contributed by atoms with van der Waals surface area (Å²) in [7, 11) is 1.19. The maximum absolute atomic E-state index is 14.0. The molecule has 0 unspecified atom stereocenters. The summed E-state index contributed by atoms with van der Waals surface area (Å²) in [5.41, 5.74) is 1.40. The van der Waals surface area contributed by atoms with E-state index in [1.807, 2.05) is 6.07 Å². The van der Waals surface area contributed by atoms with Crippen molar-refractivity contribution in [3.8, 4) is 17.0 Å². The second-order valence-electron chi connectivity index (χ2n) is 6.87. The zero-order valence-corrected chi connectivity index (χ0v) is 15.6. The summed E-state index contributed by atoms with van der Waals surface area (Å²) >= 11 is 0. The molecule has 2 aromatic heterocycles. The first-order chi connectivity index (χ1) is 13.5. The summed E-state index contributed by atoms with van der Waals surface area (Å²) in [6.07, 6.45) is 1.75. The third kappa shape index (κ3) is 3.31. The van der Waals surface area contributed by atoms with E-state index in [0.717, 1.165) is 37.5 Å². The standard InChI is InChI=1S/C20H20F2N4O2/c1-12-10-25(6-5-23-12)14-3-4-18-24-17(9-19(27)26(18)11-14)13-7-15(21)20(28-2)16(22)8-13/h3-4,7-9,11-12,23H,5-6,10H2,1-2H3/t12-/m0/s1. The van der Waals surface area contributed by atoms with Crippen LogP contribution in [-0.4, -0.2) is 42.2 Å². The van der Waals surface area contributed by atoms with Crippen LogP contribution >= 0.6 is 0 Å². The molecule has 1 aliphatic rings. The van der Waals surface area contributed by atoms with E-state index in [4.69, 9.17) is 4.74 Å². The molecule has 3 heterocycles. The number of nitrogens with zero attached hydrogens (tertiary/aromatic N) is 3. The van der Waals surface area contributed by atoms with Crippen molar-refractivity contribution in [1.82, 2.24) is 14.7 Å². The minimum absolute atomic E-state index is 0.176. The second kappa shape index (κ2) is 7.20. The topological polar surface area (TPSA) is 58.9 Å². The van der Waals surface area contributed by atoms with Gasteiger partial charge in [-0.15, -0.1) is 0 Å². The van der Waals surface area contributed by atoms with Crippen LogP contribution in [0.2, 0.25) is 0 Å². The van der Waals surface area contributed by atoms with Crippen molar-refractivity contribution < 1.29 is 13.5 Å². The fraction of sp³-hybridized carbons (Fsp3) is 0.300. The van der Waals surface area contributed by atoms with Crippen molar-refractivity contribution in [2.75, 3.05) is 31.6 Å². The first kappa shape index (κ1) is 18.4. The number of anilines is 1. The number of pyridine rings is 1. The van der Waals surface area contributed by atoms with Crippen molar-refractivity contribution >= 4 is 11.3 Å². The fourth-order valence-electron chi connectivity index (χ4n) is 3.50. The number of nitrogens with one attached hydrogen (secondary N) is 1. The number of rotatable bonds is 3. The van der Waals surface area contributed by atoms with Crippen LogP contribution in [0.5, 0.6) is 5.75 Å². The molecule has 0 bridgehead atoms. The van der Waals surface area contributed by atoms with Crippen molar-refractivity contribution in [2.24, 2.45) is 0 Å². The summed E-state index contributed by atoms with van der Waals surface area (Å²) in [6, 6.07) is 7.49. The molecular formula is C20H20F2N4O2. The summed E-state index contributed by atoms with van der Waals surface area (Å²) in [5, 5.41) is 3.38. The number of fused-ring (bicyclic) bond motifs is 1. The number of ether oxygens (including phenoxy) is 1. The molecule has 0 radical (unpaired) electrons. The van der Waals surface area contributed by atoms with E-state index >= 15 is 0 Å². The predicted octanol–water partition coefficient (Wildman–Crippen LogP) is 2.45. The van der Waals surface area contributed by atoms with E-state index in [0.29, 0.717) is 11.7 Å². The highest BCUT2D eigenvalue weighted by molar-refractivity contribution is 5.64. The molecule has 0 aliphatic carbocycles. The molecule has 1 atom stereocenters. The van der Waals surface area contributed by atoms with Gasteiger partial charge in [0.2, 0.25) is 0 Å². The van der Waals surface area contributed by atoms with Gasteiger partial charge in [-0.1, -0.05) is 0 Å². The van der Waals surface area contributed by atoms with Gasteiger partial charge in [0.05, 0.1) is 18.5 Å². The lowest BCUT2D eigenvalue weighted by Gasteiger charge is -2.33. The van der Waals surface area contributed by atoms with Gasteiger partial charge < -0.3 is 15.0 Å². The highest BCUT2D eigenvalue weighted by atomic mass is 19.1. The Kier molecular flexibility index (Phi) is 4.72. The number of hydrogen-bond acceptors (Lipinski definition) is 5. The van der Waals surface area contributed by atoms with Gasteiger partial charge in [0.1, 0.15) is 5.65 Å². The average molecular weight is 386 g/mol. The molecule has 8 heteroatoms. The molecule has 0 saturated carbocycles. The van der Waals surface area contributed by atoms with E-state index in [1.165, 1.54) is 17.6 Å². The van der Waals surface area contributed by atoms with Gasteiger partial charge in [-0.2, -0.15) is 0 Å². The fourth-order valence-corrected chi connectivity index (χ4v) is 3.50. The lowest BCUT2D eigenvalue weighted by molar-refractivity contribution is 0.360. The maximum atomic E-state index is 14.0. The quantitative estimate of drug-likeness (QED) is 0.749. The highest BCUT2D eigenvalue weighted by Gasteiger charge is 2.17. The van der Waals surface area contributed by atoms with Gasteiger partial charge in [0, 0.05) is 43.5 Å². The van der Waals surface area contributed by atoms with E-state index in [2.05, 4.69) is 22.1 Å². The average Bonchev–Trinajstić information content (AvgIpc) is 2.67. The number of halogens is 2. The van der Waals surface area contributed by atoms with Gasteiger partial charge in [-0.3, -0.25) is 9.20 Å². The number of piperazine rings is 1. The summed E-state index contributed by atoms with van der Waals surface area (Å²) in [4.78, 5) is 19.3. The largest absolute Gasteiger partial charge is 0.491 e. The summed E-state index contributed by atoms with van der Waals surface area (Å²) in [6.45, 7) is 4.68. The van der Waals surface area contributed by atoms with Gasteiger partial charge in [0.15, 0.2) is 17.4 Å². The summed E-state index contributed by atoms with van der Waals surface area (Å²) < 4.78 is 34.2. The molecule has 1 fully saturated rings. The molecule has 28 heavy (non-hydrogen) atoms. The number of methoxy groups -OCH3 is 1. The van der Waals surface area contributed by atoms with Crippen LogP contribution < -0.4 is 20.5 Å². The van der Waals surface area contributed by atoms with Gasteiger partial charge in [-0.25, -0.2) is 13.8 Å². The van der Waals surface area contributed by atoms with Crippen LogP contribution in [0.25, 0.3) is 16.9 Å². The molecule has 1 N–H and O–H groups in total. The molecule has 1 aliphatic heterocycles.